The molecule has 4 rings (SSSR count). The van der Waals surface area contributed by atoms with Gasteiger partial charge in [0.15, 0.2) is 0 Å². The molecule has 0 radical (unpaired) electrons. The maximum absolute atomic E-state index is 13.3. The zero-order valence-electron chi connectivity index (χ0n) is 19.3. The van der Waals surface area contributed by atoms with E-state index in [1.165, 1.54) is 4.90 Å². The number of carbonyl (C=O) groups excluding carboxylic acids is 2. The molecule has 5 nitrogen and oxygen atoms in total. The number of halogens is 1. The van der Waals surface area contributed by atoms with Gasteiger partial charge < -0.3 is 9.84 Å². The number of aliphatic hydroxyl groups is 1. The van der Waals surface area contributed by atoms with Crippen LogP contribution in [-0.2, 0) is 9.59 Å². The van der Waals surface area contributed by atoms with E-state index in [2.05, 4.69) is 13.8 Å². The van der Waals surface area contributed by atoms with Crippen LogP contribution in [0.4, 0.5) is 5.69 Å². The van der Waals surface area contributed by atoms with E-state index in [4.69, 9.17) is 16.3 Å². The summed E-state index contributed by atoms with van der Waals surface area (Å²) in [5, 5.41) is 11.7. The number of rotatable bonds is 6. The minimum absolute atomic E-state index is 0.0337. The molecular weight excluding hydrogens is 450 g/mol. The lowest BCUT2D eigenvalue weighted by atomic mass is 9.95. The van der Waals surface area contributed by atoms with Gasteiger partial charge in [-0.25, -0.2) is 0 Å². The Bertz CT molecular complexity index is 1250. The Kier molecular flexibility index (Phi) is 6.75. The maximum atomic E-state index is 13.3. The number of hydrogen-bond donors (Lipinski definition) is 1. The van der Waals surface area contributed by atoms with Crippen molar-refractivity contribution in [1.82, 2.24) is 0 Å². The van der Waals surface area contributed by atoms with Crippen LogP contribution < -0.4 is 9.64 Å². The molecule has 0 saturated carbocycles. The van der Waals surface area contributed by atoms with Crippen LogP contribution in [-0.4, -0.2) is 23.4 Å². The summed E-state index contributed by atoms with van der Waals surface area (Å²) in [6.07, 6.45) is 0. The van der Waals surface area contributed by atoms with Gasteiger partial charge in [0.2, 0.25) is 0 Å². The molecule has 0 spiro atoms. The molecule has 1 unspecified atom stereocenters. The van der Waals surface area contributed by atoms with Crippen LogP contribution >= 0.6 is 11.6 Å². The second kappa shape index (κ2) is 9.74. The summed E-state index contributed by atoms with van der Waals surface area (Å²) in [6.45, 7) is 6.49. The molecule has 1 aliphatic heterocycles. The maximum Gasteiger partial charge on any atom is 0.300 e. The summed E-state index contributed by atoms with van der Waals surface area (Å²) in [4.78, 5) is 28.0. The van der Waals surface area contributed by atoms with E-state index in [1.807, 2.05) is 30.3 Å². The summed E-state index contributed by atoms with van der Waals surface area (Å²) >= 11 is 6.33. The molecule has 1 heterocycles. The van der Waals surface area contributed by atoms with Crippen LogP contribution in [0, 0.1) is 12.8 Å². The van der Waals surface area contributed by atoms with Crippen molar-refractivity contribution in [3.63, 3.8) is 0 Å². The minimum atomic E-state index is -0.796. The van der Waals surface area contributed by atoms with Crippen LogP contribution in [0.5, 0.6) is 5.75 Å². The number of amides is 1. The quantitative estimate of drug-likeness (QED) is 0.258. The van der Waals surface area contributed by atoms with Crippen molar-refractivity contribution in [2.75, 3.05) is 11.5 Å². The molecule has 174 valence electrons. The van der Waals surface area contributed by atoms with Crippen molar-refractivity contribution in [1.29, 1.82) is 0 Å². The molecule has 1 fully saturated rings. The number of Topliss-reactive ketones (excluding diaryl/α,β-unsaturated/α-hetero) is 1. The third-order valence-electron chi connectivity index (χ3n) is 5.77. The van der Waals surface area contributed by atoms with Gasteiger partial charge in [0, 0.05) is 16.3 Å². The zero-order valence-corrected chi connectivity index (χ0v) is 20.0. The molecule has 1 saturated heterocycles. The van der Waals surface area contributed by atoms with Gasteiger partial charge in [0.05, 0.1) is 18.2 Å². The molecule has 3 aromatic carbocycles. The van der Waals surface area contributed by atoms with E-state index in [1.54, 1.807) is 49.4 Å². The second-order valence-electron chi connectivity index (χ2n) is 8.69. The number of hydrogen-bond acceptors (Lipinski definition) is 4. The van der Waals surface area contributed by atoms with Gasteiger partial charge in [-0.3, -0.25) is 14.5 Å². The van der Waals surface area contributed by atoms with Crippen molar-refractivity contribution < 1.29 is 19.4 Å². The second-order valence-corrected chi connectivity index (χ2v) is 9.10. The smallest absolute Gasteiger partial charge is 0.300 e. The Labute approximate surface area is 204 Å². The molecule has 0 aromatic heterocycles. The van der Waals surface area contributed by atoms with Crippen LogP contribution in [0.3, 0.4) is 0 Å². The first-order valence-corrected chi connectivity index (χ1v) is 11.5. The lowest BCUT2D eigenvalue weighted by molar-refractivity contribution is -0.132. The Morgan fingerprint density at radius 2 is 1.68 bits per heavy atom. The fourth-order valence-electron chi connectivity index (χ4n) is 4.02. The first-order valence-electron chi connectivity index (χ1n) is 11.1. The summed E-state index contributed by atoms with van der Waals surface area (Å²) in [5.41, 5.74) is 2.38. The zero-order chi connectivity index (χ0) is 24.4. The predicted molar refractivity (Wildman–Crippen MR) is 134 cm³/mol. The molecule has 1 amide bonds. The van der Waals surface area contributed by atoms with Crippen molar-refractivity contribution in [3.05, 3.63) is 100 Å². The number of aliphatic hydroxyl groups excluding tert-OH is 1. The van der Waals surface area contributed by atoms with Gasteiger partial charge in [-0.1, -0.05) is 61.8 Å². The fraction of sp³-hybridized carbons (Fsp3) is 0.214. The molecule has 1 atom stereocenters. The highest BCUT2D eigenvalue weighted by atomic mass is 35.5. The SMILES string of the molecule is Cc1c(Cl)cccc1N1C(=O)C(=O)/C(=C(/O)c2ccc(OCC(C)C)cc2)C1c1ccccc1. The van der Waals surface area contributed by atoms with Gasteiger partial charge in [-0.2, -0.15) is 0 Å². The predicted octanol–water partition coefficient (Wildman–Crippen LogP) is 6.31. The van der Waals surface area contributed by atoms with Crippen LogP contribution in [0.1, 0.15) is 36.6 Å². The van der Waals surface area contributed by atoms with E-state index >= 15 is 0 Å². The third-order valence-corrected chi connectivity index (χ3v) is 6.18. The number of carbonyl (C=O) groups is 2. The summed E-state index contributed by atoms with van der Waals surface area (Å²) in [5.74, 6) is -0.641. The highest BCUT2D eigenvalue weighted by Crippen LogP contribution is 2.44. The lowest BCUT2D eigenvalue weighted by Crippen LogP contribution is -2.30. The molecule has 1 aliphatic rings. The molecule has 0 aliphatic carbocycles. The number of anilines is 1. The largest absolute Gasteiger partial charge is 0.507 e. The summed E-state index contributed by atoms with van der Waals surface area (Å²) in [6, 6.07) is 20.5. The molecule has 0 bridgehead atoms. The minimum Gasteiger partial charge on any atom is -0.507 e. The monoisotopic (exact) mass is 475 g/mol. The van der Waals surface area contributed by atoms with E-state index in [-0.39, 0.29) is 11.3 Å². The highest BCUT2D eigenvalue weighted by molar-refractivity contribution is 6.52. The van der Waals surface area contributed by atoms with Gasteiger partial charge in [0.25, 0.3) is 11.7 Å². The van der Waals surface area contributed by atoms with E-state index in [0.29, 0.717) is 45.7 Å². The van der Waals surface area contributed by atoms with Crippen molar-refractivity contribution in [3.8, 4) is 5.75 Å². The van der Waals surface area contributed by atoms with E-state index in [9.17, 15) is 14.7 Å². The Morgan fingerprint density at radius 3 is 2.32 bits per heavy atom. The van der Waals surface area contributed by atoms with E-state index < -0.39 is 17.7 Å². The molecule has 3 aromatic rings. The average Bonchev–Trinajstić information content (AvgIpc) is 3.10. The number of ether oxygens (including phenoxy) is 1. The number of benzene rings is 3. The van der Waals surface area contributed by atoms with Gasteiger partial charge in [0.1, 0.15) is 11.5 Å². The fourth-order valence-corrected chi connectivity index (χ4v) is 4.19. The summed E-state index contributed by atoms with van der Waals surface area (Å²) < 4.78 is 5.72. The topological polar surface area (TPSA) is 66.8 Å². The normalized spacial score (nSPS) is 17.4. The van der Waals surface area contributed by atoms with Crippen LogP contribution in [0.25, 0.3) is 5.76 Å². The van der Waals surface area contributed by atoms with Gasteiger partial charge >= 0.3 is 0 Å². The van der Waals surface area contributed by atoms with E-state index in [0.717, 1.165) is 0 Å². The Morgan fingerprint density at radius 1 is 1.00 bits per heavy atom. The van der Waals surface area contributed by atoms with Crippen molar-refractivity contribution in [2.24, 2.45) is 5.92 Å². The molecule has 6 heteroatoms. The standard InChI is InChI=1S/C28H26ClNO4/c1-17(2)16-34-21-14-12-20(13-15-21)26(31)24-25(19-8-5-4-6-9-19)30(28(33)27(24)32)23-11-7-10-22(29)18(23)3/h4-15,17,25,31H,16H2,1-3H3/b26-24+. The van der Waals surface area contributed by atoms with Crippen molar-refractivity contribution >= 4 is 34.7 Å². The lowest BCUT2D eigenvalue weighted by Gasteiger charge is -2.27. The van der Waals surface area contributed by atoms with Crippen LogP contribution in [0.15, 0.2) is 78.4 Å². The number of ketones is 1. The van der Waals surface area contributed by atoms with Crippen molar-refractivity contribution in [2.45, 2.75) is 26.8 Å². The molecule has 34 heavy (non-hydrogen) atoms. The first kappa shape index (κ1) is 23.6. The Balaban J connectivity index is 1.83. The first-order chi connectivity index (χ1) is 16.3. The highest BCUT2D eigenvalue weighted by Gasteiger charge is 2.47. The van der Waals surface area contributed by atoms with Crippen LogP contribution in [0.2, 0.25) is 5.02 Å². The average molecular weight is 476 g/mol. The third kappa shape index (κ3) is 4.44. The molecule has 1 N–H and O–H groups in total. The Hall–Kier alpha value is -3.57. The molecular formula is C28H26ClNO4. The van der Waals surface area contributed by atoms with Gasteiger partial charge in [-0.15, -0.1) is 0 Å². The van der Waals surface area contributed by atoms with Gasteiger partial charge in [-0.05, 0) is 60.4 Å². The number of nitrogens with zero attached hydrogens (tertiary/aromatic N) is 1. The summed E-state index contributed by atoms with van der Waals surface area (Å²) in [7, 11) is 0.